The number of hydrogen-bond acceptors (Lipinski definition) is 6. The zero-order valence-electron chi connectivity index (χ0n) is 16.6. The second kappa shape index (κ2) is 8.02. The Morgan fingerprint density at radius 3 is 2.41 bits per heavy atom. The van der Waals surface area contributed by atoms with E-state index >= 15 is 0 Å². The van der Waals surface area contributed by atoms with Crippen molar-refractivity contribution >= 4 is 10.0 Å². The summed E-state index contributed by atoms with van der Waals surface area (Å²) in [6, 6.07) is 15.2. The molecule has 0 spiro atoms. The van der Waals surface area contributed by atoms with Gasteiger partial charge in [-0.25, -0.2) is 8.42 Å². The van der Waals surface area contributed by atoms with Gasteiger partial charge in [0.1, 0.15) is 6.67 Å². The van der Waals surface area contributed by atoms with Gasteiger partial charge in [0, 0.05) is 31.7 Å². The minimum absolute atomic E-state index is 0.399. The molecule has 9 heteroatoms. The zero-order valence-corrected chi connectivity index (χ0v) is 17.4. The summed E-state index contributed by atoms with van der Waals surface area (Å²) in [4.78, 5) is 4.08. The predicted molar refractivity (Wildman–Crippen MR) is 110 cm³/mol. The topological polar surface area (TPSA) is 84.2 Å². The number of nitrogens with zero attached hydrogens (tertiary/aromatic N) is 6. The smallest absolute Gasteiger partial charge is 0.243 e. The quantitative estimate of drug-likeness (QED) is 0.637. The first kappa shape index (κ1) is 19.7. The summed E-state index contributed by atoms with van der Waals surface area (Å²) < 4.78 is 27.7. The lowest BCUT2D eigenvalue weighted by Gasteiger charge is -2.33. The van der Waals surface area contributed by atoms with Crippen molar-refractivity contribution < 1.29 is 8.42 Å². The molecule has 3 aromatic rings. The molecule has 0 unspecified atom stereocenters. The van der Waals surface area contributed by atoms with Crippen LogP contribution in [0.1, 0.15) is 11.1 Å². The van der Waals surface area contributed by atoms with E-state index in [2.05, 4.69) is 20.3 Å². The van der Waals surface area contributed by atoms with Crippen LogP contribution in [-0.4, -0.2) is 64.0 Å². The number of sulfonamides is 1. The number of aryl methyl sites for hydroxylation is 2. The maximum Gasteiger partial charge on any atom is 0.243 e. The maximum absolute atomic E-state index is 13.1. The highest BCUT2D eigenvalue weighted by molar-refractivity contribution is 7.89. The maximum atomic E-state index is 13.1. The van der Waals surface area contributed by atoms with Gasteiger partial charge in [0.15, 0.2) is 0 Å². The average Bonchev–Trinajstić information content (AvgIpc) is 3.19. The van der Waals surface area contributed by atoms with Crippen LogP contribution >= 0.6 is 0 Å². The van der Waals surface area contributed by atoms with Crippen molar-refractivity contribution in [3.8, 4) is 11.4 Å². The Balaban J connectivity index is 1.40. The molecule has 1 aliphatic heterocycles. The summed E-state index contributed by atoms with van der Waals surface area (Å²) in [5.41, 5.74) is 2.64. The molecule has 2 heterocycles. The van der Waals surface area contributed by atoms with Gasteiger partial charge in [-0.2, -0.15) is 4.31 Å². The molecule has 1 saturated heterocycles. The Kier molecular flexibility index (Phi) is 5.44. The lowest BCUT2D eigenvalue weighted by Crippen LogP contribution is -2.49. The molecule has 1 aliphatic rings. The van der Waals surface area contributed by atoms with Crippen LogP contribution in [0.25, 0.3) is 11.4 Å². The van der Waals surface area contributed by atoms with Gasteiger partial charge in [0.05, 0.1) is 4.90 Å². The third-order valence-electron chi connectivity index (χ3n) is 5.10. The normalized spacial score (nSPS) is 16.2. The van der Waals surface area contributed by atoms with E-state index in [1.807, 2.05) is 56.3 Å². The first-order valence-corrected chi connectivity index (χ1v) is 11.0. The van der Waals surface area contributed by atoms with Crippen LogP contribution < -0.4 is 0 Å². The van der Waals surface area contributed by atoms with E-state index in [-0.39, 0.29) is 0 Å². The minimum Gasteiger partial charge on any atom is -0.280 e. The lowest BCUT2D eigenvalue weighted by molar-refractivity contribution is 0.136. The Morgan fingerprint density at radius 1 is 0.966 bits per heavy atom. The van der Waals surface area contributed by atoms with Crippen LogP contribution in [-0.2, 0) is 16.7 Å². The number of rotatable bonds is 5. The molecule has 4 rings (SSSR count). The Bertz CT molecular complexity index is 1090. The lowest BCUT2D eigenvalue weighted by atomic mass is 10.2. The van der Waals surface area contributed by atoms with E-state index in [0.717, 1.165) is 16.7 Å². The summed E-state index contributed by atoms with van der Waals surface area (Å²) in [5, 5.41) is 12.7. The molecule has 2 aromatic carbocycles. The van der Waals surface area contributed by atoms with Crippen molar-refractivity contribution in [1.82, 2.24) is 29.4 Å². The fourth-order valence-corrected chi connectivity index (χ4v) is 5.15. The number of aromatic nitrogens is 4. The number of hydrogen-bond donors (Lipinski definition) is 0. The summed E-state index contributed by atoms with van der Waals surface area (Å²) in [6.07, 6.45) is 0. The average molecular weight is 413 g/mol. The third kappa shape index (κ3) is 4.21. The first-order valence-electron chi connectivity index (χ1n) is 9.56. The Morgan fingerprint density at radius 2 is 1.69 bits per heavy atom. The van der Waals surface area contributed by atoms with E-state index in [0.29, 0.717) is 43.6 Å². The Hall–Kier alpha value is -2.62. The van der Waals surface area contributed by atoms with Crippen LogP contribution in [0.2, 0.25) is 0 Å². The van der Waals surface area contributed by atoms with Gasteiger partial charge in [-0.05, 0) is 36.3 Å². The molecule has 0 bridgehead atoms. The number of tetrazole rings is 1. The Labute approximate surface area is 170 Å². The van der Waals surface area contributed by atoms with Crippen molar-refractivity contribution in [2.45, 2.75) is 25.4 Å². The summed E-state index contributed by atoms with van der Waals surface area (Å²) in [5.74, 6) is 0.585. The standard InChI is InChI=1S/C20H24N6O2S/c1-16-8-9-17(2)19(14-16)29(27,28)25-12-10-24(11-13-25)15-26-22-20(21-23-26)18-6-4-3-5-7-18/h3-9,14H,10-13,15H2,1-2H3. The zero-order chi connectivity index (χ0) is 20.4. The SMILES string of the molecule is Cc1ccc(C)c(S(=O)(=O)N2CCN(Cn3nnc(-c4ccccc4)n3)CC2)c1. The van der Waals surface area contributed by atoms with Crippen molar-refractivity contribution in [2.75, 3.05) is 26.2 Å². The highest BCUT2D eigenvalue weighted by Crippen LogP contribution is 2.22. The van der Waals surface area contributed by atoms with Crippen LogP contribution in [0.4, 0.5) is 0 Å². The molecule has 152 valence electrons. The fourth-order valence-electron chi connectivity index (χ4n) is 3.42. The summed E-state index contributed by atoms with van der Waals surface area (Å²) in [6.45, 7) is 6.34. The van der Waals surface area contributed by atoms with Gasteiger partial charge in [-0.1, -0.05) is 42.5 Å². The molecular weight excluding hydrogens is 388 g/mol. The van der Waals surface area contributed by atoms with Crippen molar-refractivity contribution in [1.29, 1.82) is 0 Å². The molecule has 0 N–H and O–H groups in total. The van der Waals surface area contributed by atoms with E-state index in [1.165, 1.54) is 0 Å². The number of benzene rings is 2. The molecule has 0 aliphatic carbocycles. The molecule has 1 fully saturated rings. The predicted octanol–water partition coefficient (Wildman–Crippen LogP) is 1.92. The van der Waals surface area contributed by atoms with Crippen molar-refractivity contribution in [3.05, 3.63) is 59.7 Å². The third-order valence-corrected chi connectivity index (χ3v) is 7.14. The first-order chi connectivity index (χ1) is 13.9. The number of piperazine rings is 1. The largest absolute Gasteiger partial charge is 0.280 e. The molecule has 0 amide bonds. The second-order valence-electron chi connectivity index (χ2n) is 7.28. The van der Waals surface area contributed by atoms with E-state index < -0.39 is 10.0 Å². The highest BCUT2D eigenvalue weighted by atomic mass is 32.2. The minimum atomic E-state index is -3.49. The molecule has 0 atom stereocenters. The van der Waals surface area contributed by atoms with Gasteiger partial charge < -0.3 is 0 Å². The molecule has 0 saturated carbocycles. The van der Waals surface area contributed by atoms with Crippen LogP contribution in [0.3, 0.4) is 0 Å². The van der Waals surface area contributed by atoms with Crippen molar-refractivity contribution in [2.24, 2.45) is 0 Å². The van der Waals surface area contributed by atoms with Gasteiger partial charge in [-0.15, -0.1) is 15.0 Å². The van der Waals surface area contributed by atoms with Crippen LogP contribution in [0, 0.1) is 13.8 Å². The molecule has 29 heavy (non-hydrogen) atoms. The van der Waals surface area contributed by atoms with Gasteiger partial charge in [0.2, 0.25) is 15.8 Å². The van der Waals surface area contributed by atoms with Crippen molar-refractivity contribution in [3.63, 3.8) is 0 Å². The van der Waals surface area contributed by atoms with Crippen LogP contribution in [0.5, 0.6) is 0 Å². The van der Waals surface area contributed by atoms with E-state index in [4.69, 9.17) is 0 Å². The molecule has 0 radical (unpaired) electrons. The highest BCUT2D eigenvalue weighted by Gasteiger charge is 2.29. The summed E-state index contributed by atoms with van der Waals surface area (Å²) >= 11 is 0. The van der Waals surface area contributed by atoms with E-state index in [1.54, 1.807) is 15.2 Å². The monoisotopic (exact) mass is 412 g/mol. The van der Waals surface area contributed by atoms with Gasteiger partial charge in [0.25, 0.3) is 0 Å². The molecule has 8 nitrogen and oxygen atoms in total. The van der Waals surface area contributed by atoms with E-state index in [9.17, 15) is 8.42 Å². The van der Waals surface area contributed by atoms with Gasteiger partial charge in [-0.3, -0.25) is 4.90 Å². The van der Waals surface area contributed by atoms with Gasteiger partial charge >= 0.3 is 0 Å². The molecular formula is C20H24N6O2S. The fraction of sp³-hybridized carbons (Fsp3) is 0.350. The second-order valence-corrected chi connectivity index (χ2v) is 9.19. The molecule has 1 aromatic heterocycles. The summed E-state index contributed by atoms with van der Waals surface area (Å²) in [7, 11) is -3.49. The van der Waals surface area contributed by atoms with Crippen LogP contribution in [0.15, 0.2) is 53.4 Å².